The molecule has 1 N–H and O–H groups in total. The third-order valence-corrected chi connectivity index (χ3v) is 4.87. The molecule has 2 aliphatic heterocycles. The van der Waals surface area contributed by atoms with Crippen molar-refractivity contribution in [3.8, 4) is 5.75 Å². The maximum absolute atomic E-state index is 13.8. The Balaban J connectivity index is 1.67. The van der Waals surface area contributed by atoms with E-state index in [2.05, 4.69) is 0 Å². The van der Waals surface area contributed by atoms with Gasteiger partial charge >= 0.3 is 5.97 Å². The van der Waals surface area contributed by atoms with Gasteiger partial charge in [-0.1, -0.05) is 12.1 Å². The number of hydrogen-bond donors (Lipinski definition) is 1. The molecule has 2 fully saturated rings. The first-order valence-electron chi connectivity index (χ1n) is 8.59. The van der Waals surface area contributed by atoms with Crippen LogP contribution in [0.1, 0.15) is 32.1 Å². The van der Waals surface area contributed by atoms with Crippen molar-refractivity contribution < 1.29 is 28.6 Å². The van der Waals surface area contributed by atoms with E-state index in [1.165, 1.54) is 18.2 Å². The SMILES string of the molecule is O=C([C@@H]1CCCCO1)N1CCC(Oc2ccccc2F)(C(=O)O)CC1. The summed E-state index contributed by atoms with van der Waals surface area (Å²) >= 11 is 0. The number of carbonyl (C=O) groups excluding carboxylic acids is 1. The van der Waals surface area contributed by atoms with E-state index >= 15 is 0 Å². The summed E-state index contributed by atoms with van der Waals surface area (Å²) in [6.45, 7) is 1.08. The molecule has 1 atom stereocenters. The number of carboxylic acids is 1. The molecule has 1 aromatic carbocycles. The molecular formula is C18H22FNO5. The number of hydrogen-bond acceptors (Lipinski definition) is 4. The van der Waals surface area contributed by atoms with Crippen LogP contribution in [0.4, 0.5) is 4.39 Å². The smallest absolute Gasteiger partial charge is 0.348 e. The Bertz CT molecular complexity index is 636. The zero-order valence-electron chi connectivity index (χ0n) is 13.9. The molecule has 2 aliphatic rings. The number of carboxylic acid groups (broad SMARTS) is 1. The van der Waals surface area contributed by atoms with Crippen LogP contribution in [-0.4, -0.2) is 53.3 Å². The van der Waals surface area contributed by atoms with Crippen LogP contribution in [-0.2, 0) is 14.3 Å². The van der Waals surface area contributed by atoms with Gasteiger partial charge in [-0.25, -0.2) is 9.18 Å². The summed E-state index contributed by atoms with van der Waals surface area (Å²) in [5.74, 6) is -1.92. The van der Waals surface area contributed by atoms with Crippen molar-refractivity contribution in [3.63, 3.8) is 0 Å². The average molecular weight is 351 g/mol. The van der Waals surface area contributed by atoms with Crippen LogP contribution in [0.5, 0.6) is 5.75 Å². The van der Waals surface area contributed by atoms with Crippen molar-refractivity contribution in [2.24, 2.45) is 0 Å². The summed E-state index contributed by atoms with van der Waals surface area (Å²) in [6, 6.07) is 5.74. The molecule has 0 unspecified atom stereocenters. The Labute approximate surface area is 145 Å². The quantitative estimate of drug-likeness (QED) is 0.900. The lowest BCUT2D eigenvalue weighted by atomic mass is 9.90. The largest absolute Gasteiger partial charge is 0.478 e. The van der Waals surface area contributed by atoms with Crippen molar-refractivity contribution in [2.75, 3.05) is 19.7 Å². The van der Waals surface area contributed by atoms with Gasteiger partial charge in [0.25, 0.3) is 5.91 Å². The van der Waals surface area contributed by atoms with E-state index in [0.717, 1.165) is 12.8 Å². The fourth-order valence-corrected chi connectivity index (χ4v) is 3.32. The number of halogens is 1. The molecule has 2 saturated heterocycles. The van der Waals surface area contributed by atoms with Gasteiger partial charge in [0, 0.05) is 32.5 Å². The Kier molecular flexibility index (Phi) is 5.22. The van der Waals surface area contributed by atoms with Crippen LogP contribution in [0.3, 0.4) is 0 Å². The molecule has 0 saturated carbocycles. The van der Waals surface area contributed by atoms with E-state index in [4.69, 9.17) is 9.47 Å². The molecule has 1 aromatic rings. The van der Waals surface area contributed by atoms with Crippen molar-refractivity contribution in [2.45, 2.75) is 43.8 Å². The second-order valence-corrected chi connectivity index (χ2v) is 6.51. The number of nitrogens with zero attached hydrogens (tertiary/aromatic N) is 1. The summed E-state index contributed by atoms with van der Waals surface area (Å²) in [6.07, 6.45) is 2.40. The second kappa shape index (κ2) is 7.39. The Morgan fingerprint density at radius 3 is 2.56 bits per heavy atom. The van der Waals surface area contributed by atoms with Crippen LogP contribution < -0.4 is 4.74 Å². The average Bonchev–Trinajstić information content (AvgIpc) is 2.64. The van der Waals surface area contributed by atoms with Gasteiger partial charge in [-0.3, -0.25) is 4.79 Å². The number of benzene rings is 1. The first-order chi connectivity index (χ1) is 12.0. The maximum atomic E-state index is 13.8. The Morgan fingerprint density at radius 2 is 1.96 bits per heavy atom. The van der Waals surface area contributed by atoms with Crippen LogP contribution in [0, 0.1) is 5.82 Å². The molecule has 0 radical (unpaired) electrons. The van der Waals surface area contributed by atoms with Crippen LogP contribution in [0.2, 0.25) is 0 Å². The Morgan fingerprint density at radius 1 is 1.24 bits per heavy atom. The van der Waals surface area contributed by atoms with E-state index in [1.807, 2.05) is 0 Å². The summed E-state index contributed by atoms with van der Waals surface area (Å²) in [5.41, 5.74) is -1.52. The summed E-state index contributed by atoms with van der Waals surface area (Å²) in [4.78, 5) is 25.9. The zero-order valence-corrected chi connectivity index (χ0v) is 13.9. The van der Waals surface area contributed by atoms with Crippen molar-refractivity contribution in [3.05, 3.63) is 30.1 Å². The molecule has 0 bridgehead atoms. The zero-order chi connectivity index (χ0) is 17.9. The van der Waals surface area contributed by atoms with Crippen LogP contribution in [0.15, 0.2) is 24.3 Å². The Hall–Kier alpha value is -2.15. The summed E-state index contributed by atoms with van der Waals surface area (Å²) in [7, 11) is 0. The lowest BCUT2D eigenvalue weighted by molar-refractivity contribution is -0.164. The number of para-hydroxylation sites is 1. The van der Waals surface area contributed by atoms with Crippen molar-refractivity contribution in [1.29, 1.82) is 0 Å². The van der Waals surface area contributed by atoms with E-state index < -0.39 is 23.5 Å². The van der Waals surface area contributed by atoms with Crippen LogP contribution >= 0.6 is 0 Å². The molecule has 7 heteroatoms. The van der Waals surface area contributed by atoms with Crippen molar-refractivity contribution in [1.82, 2.24) is 4.90 Å². The predicted molar refractivity (Wildman–Crippen MR) is 86.8 cm³/mol. The van der Waals surface area contributed by atoms with Gasteiger partial charge < -0.3 is 19.5 Å². The minimum absolute atomic E-state index is 0.0831. The minimum atomic E-state index is -1.52. The topological polar surface area (TPSA) is 76.1 Å². The van der Waals surface area contributed by atoms with E-state index in [9.17, 15) is 19.1 Å². The molecule has 0 spiro atoms. The first kappa shape index (κ1) is 17.7. The second-order valence-electron chi connectivity index (χ2n) is 6.51. The van der Waals surface area contributed by atoms with Crippen LogP contribution in [0.25, 0.3) is 0 Å². The molecule has 0 aliphatic carbocycles. The highest BCUT2D eigenvalue weighted by molar-refractivity contribution is 5.82. The molecule has 136 valence electrons. The van der Waals surface area contributed by atoms with Gasteiger partial charge in [-0.05, 0) is 31.4 Å². The van der Waals surface area contributed by atoms with Gasteiger partial charge in [0.05, 0.1) is 0 Å². The predicted octanol–water partition coefficient (Wildman–Crippen LogP) is 2.22. The molecule has 3 rings (SSSR count). The highest BCUT2D eigenvalue weighted by Gasteiger charge is 2.46. The molecule has 0 aromatic heterocycles. The normalized spacial score (nSPS) is 23.1. The highest BCUT2D eigenvalue weighted by Crippen LogP contribution is 2.31. The molecule has 6 nitrogen and oxygen atoms in total. The minimum Gasteiger partial charge on any atom is -0.478 e. The van der Waals surface area contributed by atoms with E-state index in [1.54, 1.807) is 11.0 Å². The fourth-order valence-electron chi connectivity index (χ4n) is 3.32. The van der Waals surface area contributed by atoms with Gasteiger partial charge in [-0.2, -0.15) is 0 Å². The fraction of sp³-hybridized carbons (Fsp3) is 0.556. The lowest BCUT2D eigenvalue weighted by Crippen LogP contribution is -2.56. The highest BCUT2D eigenvalue weighted by atomic mass is 19.1. The summed E-state index contributed by atoms with van der Waals surface area (Å²) < 4.78 is 24.9. The molecule has 1 amide bonds. The lowest BCUT2D eigenvalue weighted by Gasteiger charge is -2.40. The maximum Gasteiger partial charge on any atom is 0.348 e. The van der Waals surface area contributed by atoms with Crippen molar-refractivity contribution >= 4 is 11.9 Å². The van der Waals surface area contributed by atoms with Gasteiger partial charge in [-0.15, -0.1) is 0 Å². The molecule has 2 heterocycles. The third kappa shape index (κ3) is 3.76. The number of amides is 1. The molecular weight excluding hydrogens is 329 g/mol. The number of rotatable bonds is 4. The standard InChI is InChI=1S/C18H22FNO5/c19-13-5-1-2-6-14(13)25-18(17(22)23)8-10-20(11-9-18)16(21)15-7-3-4-12-24-15/h1-2,5-6,15H,3-4,7-12H2,(H,22,23)/t15-/m0/s1. The number of carbonyl (C=O) groups is 2. The number of piperidine rings is 1. The van der Waals surface area contributed by atoms with Gasteiger partial charge in [0.15, 0.2) is 11.6 Å². The molecule has 25 heavy (non-hydrogen) atoms. The van der Waals surface area contributed by atoms with Gasteiger partial charge in [0.2, 0.25) is 5.60 Å². The number of likely N-dealkylation sites (tertiary alicyclic amines) is 1. The van der Waals surface area contributed by atoms with E-state index in [-0.39, 0.29) is 37.6 Å². The number of aliphatic carboxylic acids is 1. The third-order valence-electron chi connectivity index (χ3n) is 4.87. The number of ether oxygens (including phenoxy) is 2. The first-order valence-corrected chi connectivity index (χ1v) is 8.59. The monoisotopic (exact) mass is 351 g/mol. The van der Waals surface area contributed by atoms with Gasteiger partial charge in [0.1, 0.15) is 6.10 Å². The summed E-state index contributed by atoms with van der Waals surface area (Å²) in [5, 5.41) is 9.64. The van der Waals surface area contributed by atoms with E-state index in [0.29, 0.717) is 13.0 Å².